The molecule has 0 saturated carbocycles. The SMILES string of the molecule is NCc1cc(Cl)ccc1-c1cc2cccc(Cl)c2o1. The number of nitrogens with two attached hydrogens (primary N) is 1. The second-order valence-electron chi connectivity index (χ2n) is 4.27. The fraction of sp³-hybridized carbons (Fsp3) is 0.0667. The summed E-state index contributed by atoms with van der Waals surface area (Å²) in [6.07, 6.45) is 0. The van der Waals surface area contributed by atoms with Gasteiger partial charge >= 0.3 is 0 Å². The van der Waals surface area contributed by atoms with Gasteiger partial charge in [0.25, 0.3) is 0 Å². The number of hydrogen-bond acceptors (Lipinski definition) is 2. The topological polar surface area (TPSA) is 39.2 Å². The van der Waals surface area contributed by atoms with Crippen molar-refractivity contribution < 1.29 is 4.42 Å². The monoisotopic (exact) mass is 291 g/mol. The van der Waals surface area contributed by atoms with Gasteiger partial charge in [0.05, 0.1) is 5.02 Å². The van der Waals surface area contributed by atoms with Crippen LogP contribution in [0.15, 0.2) is 46.9 Å². The van der Waals surface area contributed by atoms with Crippen LogP contribution < -0.4 is 5.73 Å². The van der Waals surface area contributed by atoms with E-state index in [0.29, 0.717) is 22.2 Å². The Labute approximate surface area is 120 Å². The minimum atomic E-state index is 0.403. The molecule has 2 aromatic carbocycles. The Kier molecular flexibility index (Phi) is 3.23. The van der Waals surface area contributed by atoms with E-state index >= 15 is 0 Å². The summed E-state index contributed by atoms with van der Waals surface area (Å²) in [4.78, 5) is 0. The van der Waals surface area contributed by atoms with Gasteiger partial charge in [0.15, 0.2) is 5.58 Å². The first-order chi connectivity index (χ1) is 9.19. The number of halogens is 2. The minimum Gasteiger partial charge on any atom is -0.455 e. The molecule has 3 aromatic rings. The summed E-state index contributed by atoms with van der Waals surface area (Å²) in [5.74, 6) is 0.750. The maximum atomic E-state index is 6.12. The van der Waals surface area contributed by atoms with Crippen LogP contribution >= 0.6 is 23.2 Å². The van der Waals surface area contributed by atoms with Crippen LogP contribution in [0, 0.1) is 0 Å². The van der Waals surface area contributed by atoms with Crippen LogP contribution in [-0.4, -0.2) is 0 Å². The van der Waals surface area contributed by atoms with Crippen LogP contribution in [0.5, 0.6) is 0 Å². The molecule has 0 atom stereocenters. The van der Waals surface area contributed by atoms with E-state index in [1.165, 1.54) is 0 Å². The van der Waals surface area contributed by atoms with Crippen molar-refractivity contribution in [3.63, 3.8) is 0 Å². The van der Waals surface area contributed by atoms with Gasteiger partial charge in [-0.2, -0.15) is 0 Å². The van der Waals surface area contributed by atoms with Crippen LogP contribution in [0.2, 0.25) is 10.0 Å². The third-order valence-corrected chi connectivity index (χ3v) is 3.58. The molecule has 3 rings (SSSR count). The number of benzene rings is 2. The maximum Gasteiger partial charge on any atom is 0.153 e. The van der Waals surface area contributed by atoms with E-state index in [4.69, 9.17) is 33.4 Å². The van der Waals surface area contributed by atoms with Crippen molar-refractivity contribution in [1.29, 1.82) is 0 Å². The van der Waals surface area contributed by atoms with Crippen molar-refractivity contribution >= 4 is 34.2 Å². The van der Waals surface area contributed by atoms with Gasteiger partial charge in [-0.15, -0.1) is 0 Å². The lowest BCUT2D eigenvalue weighted by atomic mass is 10.1. The Hall–Kier alpha value is -1.48. The largest absolute Gasteiger partial charge is 0.455 e. The van der Waals surface area contributed by atoms with E-state index in [2.05, 4.69) is 0 Å². The Morgan fingerprint density at radius 2 is 1.89 bits per heavy atom. The van der Waals surface area contributed by atoms with Crippen LogP contribution in [-0.2, 0) is 6.54 Å². The summed E-state index contributed by atoms with van der Waals surface area (Å²) >= 11 is 12.1. The van der Waals surface area contributed by atoms with Crippen molar-refractivity contribution in [2.45, 2.75) is 6.54 Å². The zero-order valence-electron chi connectivity index (χ0n) is 9.99. The lowest BCUT2D eigenvalue weighted by molar-refractivity contribution is 0.630. The molecule has 1 heterocycles. The zero-order chi connectivity index (χ0) is 13.4. The molecular weight excluding hydrogens is 281 g/mol. The van der Waals surface area contributed by atoms with Gasteiger partial charge in [0.2, 0.25) is 0 Å². The Morgan fingerprint density at radius 3 is 2.63 bits per heavy atom. The van der Waals surface area contributed by atoms with Crippen molar-refractivity contribution in [3.05, 3.63) is 58.1 Å². The van der Waals surface area contributed by atoms with Gasteiger partial charge in [0, 0.05) is 22.5 Å². The Bertz CT molecular complexity index is 749. The zero-order valence-corrected chi connectivity index (χ0v) is 11.5. The van der Waals surface area contributed by atoms with Crippen LogP contribution in [0.1, 0.15) is 5.56 Å². The first kappa shape index (κ1) is 12.5. The van der Waals surface area contributed by atoms with Gasteiger partial charge < -0.3 is 10.2 Å². The van der Waals surface area contributed by atoms with E-state index in [0.717, 1.165) is 22.3 Å². The highest BCUT2D eigenvalue weighted by Gasteiger charge is 2.12. The lowest BCUT2D eigenvalue weighted by Crippen LogP contribution is -1.98. The van der Waals surface area contributed by atoms with Gasteiger partial charge in [-0.25, -0.2) is 0 Å². The minimum absolute atomic E-state index is 0.403. The van der Waals surface area contributed by atoms with E-state index in [9.17, 15) is 0 Å². The molecule has 19 heavy (non-hydrogen) atoms. The molecule has 96 valence electrons. The molecule has 0 unspecified atom stereocenters. The van der Waals surface area contributed by atoms with Crippen molar-refractivity contribution in [2.24, 2.45) is 5.73 Å². The van der Waals surface area contributed by atoms with Crippen molar-refractivity contribution in [3.8, 4) is 11.3 Å². The van der Waals surface area contributed by atoms with Gasteiger partial charge in [-0.3, -0.25) is 0 Å². The molecule has 0 aliphatic rings. The van der Waals surface area contributed by atoms with E-state index in [1.807, 2.05) is 42.5 Å². The molecule has 2 N–H and O–H groups in total. The smallest absolute Gasteiger partial charge is 0.153 e. The van der Waals surface area contributed by atoms with Crippen molar-refractivity contribution in [1.82, 2.24) is 0 Å². The third kappa shape index (κ3) is 2.23. The average molecular weight is 292 g/mol. The van der Waals surface area contributed by atoms with Crippen molar-refractivity contribution in [2.75, 3.05) is 0 Å². The van der Waals surface area contributed by atoms with Crippen LogP contribution in [0.4, 0.5) is 0 Å². The van der Waals surface area contributed by atoms with E-state index < -0.39 is 0 Å². The highest BCUT2D eigenvalue weighted by molar-refractivity contribution is 6.34. The standard InChI is InChI=1S/C15H11Cl2NO/c16-11-4-5-12(10(6-11)8-18)14-7-9-2-1-3-13(17)15(9)19-14/h1-7H,8,18H2. The van der Waals surface area contributed by atoms with Gasteiger partial charge in [-0.05, 0) is 35.9 Å². The normalized spacial score (nSPS) is 11.1. The second kappa shape index (κ2) is 4.89. The number of fused-ring (bicyclic) bond motifs is 1. The second-order valence-corrected chi connectivity index (χ2v) is 5.12. The summed E-state index contributed by atoms with van der Waals surface area (Å²) in [5, 5.41) is 2.24. The number of furan rings is 1. The summed E-state index contributed by atoms with van der Waals surface area (Å²) < 4.78 is 5.84. The molecule has 0 bridgehead atoms. The molecule has 0 aliphatic carbocycles. The quantitative estimate of drug-likeness (QED) is 0.732. The number of rotatable bonds is 2. The predicted octanol–water partition coefficient (Wildman–Crippen LogP) is 4.87. The predicted molar refractivity (Wildman–Crippen MR) is 79.6 cm³/mol. The molecular formula is C15H11Cl2NO. The highest BCUT2D eigenvalue weighted by atomic mass is 35.5. The van der Waals surface area contributed by atoms with Crippen LogP contribution in [0.25, 0.3) is 22.3 Å². The van der Waals surface area contributed by atoms with Gasteiger partial charge in [-0.1, -0.05) is 35.3 Å². The first-order valence-corrected chi connectivity index (χ1v) is 6.61. The molecule has 0 radical (unpaired) electrons. The first-order valence-electron chi connectivity index (χ1n) is 5.86. The summed E-state index contributed by atoms with van der Waals surface area (Å²) in [6, 6.07) is 13.2. The average Bonchev–Trinajstić information content (AvgIpc) is 2.83. The highest BCUT2D eigenvalue weighted by Crippen LogP contribution is 2.34. The molecule has 1 aromatic heterocycles. The summed E-state index contributed by atoms with van der Waals surface area (Å²) in [5.41, 5.74) is 8.34. The fourth-order valence-corrected chi connectivity index (χ4v) is 2.55. The molecule has 2 nitrogen and oxygen atoms in total. The fourth-order valence-electron chi connectivity index (χ4n) is 2.13. The molecule has 0 amide bonds. The Balaban J connectivity index is 2.22. The third-order valence-electron chi connectivity index (χ3n) is 3.05. The van der Waals surface area contributed by atoms with Gasteiger partial charge in [0.1, 0.15) is 5.76 Å². The Morgan fingerprint density at radius 1 is 1.05 bits per heavy atom. The molecule has 0 saturated heterocycles. The summed E-state index contributed by atoms with van der Waals surface area (Å²) in [7, 11) is 0. The van der Waals surface area contributed by atoms with E-state index in [1.54, 1.807) is 0 Å². The van der Waals surface area contributed by atoms with E-state index in [-0.39, 0.29) is 0 Å². The summed E-state index contributed by atoms with van der Waals surface area (Å²) in [6.45, 7) is 0.403. The molecule has 0 spiro atoms. The number of hydrogen-bond donors (Lipinski definition) is 1. The molecule has 4 heteroatoms. The molecule has 0 fully saturated rings. The number of para-hydroxylation sites is 1. The maximum absolute atomic E-state index is 6.12. The lowest BCUT2D eigenvalue weighted by Gasteiger charge is -2.05. The van der Waals surface area contributed by atoms with Crippen LogP contribution in [0.3, 0.4) is 0 Å². The molecule has 0 aliphatic heterocycles.